The minimum absolute atomic E-state index is 0.434. The number of benzene rings is 2. The zero-order valence-electron chi connectivity index (χ0n) is 17.8. The summed E-state index contributed by atoms with van der Waals surface area (Å²) in [6, 6.07) is 21.9. The van der Waals surface area contributed by atoms with Crippen LogP contribution in [0.2, 0.25) is 5.02 Å². The molecule has 0 amide bonds. The first-order valence-electron chi connectivity index (χ1n) is 11.0. The number of nitriles is 1. The van der Waals surface area contributed by atoms with Crippen molar-refractivity contribution in [2.45, 2.75) is 63.8 Å². The molecule has 29 heavy (non-hydrogen) atoms. The van der Waals surface area contributed by atoms with Crippen LogP contribution in [0.3, 0.4) is 0 Å². The highest BCUT2D eigenvalue weighted by Gasteiger charge is 2.44. The molecule has 0 heterocycles. The predicted octanol–water partition coefficient (Wildman–Crippen LogP) is 6.63. The Balaban J connectivity index is 1.67. The van der Waals surface area contributed by atoms with Gasteiger partial charge in [0, 0.05) is 17.6 Å². The third-order valence-electron chi connectivity index (χ3n) is 6.63. The molecule has 0 aromatic heterocycles. The lowest BCUT2D eigenvalue weighted by Gasteiger charge is -2.42. The molecule has 0 bridgehead atoms. The number of rotatable bonds is 10. The van der Waals surface area contributed by atoms with Gasteiger partial charge in [-0.25, -0.2) is 0 Å². The summed E-state index contributed by atoms with van der Waals surface area (Å²) in [6.45, 7) is 6.60. The molecule has 2 aromatic rings. The fourth-order valence-electron chi connectivity index (χ4n) is 4.60. The van der Waals surface area contributed by atoms with E-state index in [1.165, 1.54) is 12.0 Å². The van der Waals surface area contributed by atoms with Crippen LogP contribution in [0, 0.1) is 17.2 Å². The highest BCUT2D eigenvalue weighted by molar-refractivity contribution is 6.31. The Morgan fingerprint density at radius 2 is 1.76 bits per heavy atom. The standard InChI is InChI=1S/C26H33ClN2/c1-21(2)29(19-16-22-10-4-3-5-11-22)18-9-17-26(20-28,23-12-8-13-23)24-14-6-7-15-25(24)27/h3-7,10-11,14-15,21,23H,8-9,12-13,16-19H2,1-2H3. The topological polar surface area (TPSA) is 27.0 Å². The van der Waals surface area contributed by atoms with Crippen molar-refractivity contribution in [1.29, 1.82) is 5.26 Å². The van der Waals surface area contributed by atoms with E-state index < -0.39 is 5.41 Å². The van der Waals surface area contributed by atoms with Gasteiger partial charge in [0.2, 0.25) is 0 Å². The predicted molar refractivity (Wildman–Crippen MR) is 122 cm³/mol. The third kappa shape index (κ3) is 5.21. The third-order valence-corrected chi connectivity index (χ3v) is 6.96. The lowest BCUT2D eigenvalue weighted by Crippen LogP contribution is -2.40. The molecule has 154 valence electrons. The molecule has 2 aromatic carbocycles. The molecular weight excluding hydrogens is 376 g/mol. The van der Waals surface area contributed by atoms with Crippen LogP contribution in [0.5, 0.6) is 0 Å². The monoisotopic (exact) mass is 408 g/mol. The molecule has 1 atom stereocenters. The van der Waals surface area contributed by atoms with E-state index in [0.717, 1.165) is 55.8 Å². The maximum Gasteiger partial charge on any atom is 0.0865 e. The minimum Gasteiger partial charge on any atom is -0.301 e. The van der Waals surface area contributed by atoms with Crippen molar-refractivity contribution in [3.05, 3.63) is 70.7 Å². The van der Waals surface area contributed by atoms with Crippen LogP contribution < -0.4 is 0 Å². The Kier molecular flexibility index (Phi) is 7.76. The molecule has 1 unspecified atom stereocenters. The Hall–Kier alpha value is -1.82. The van der Waals surface area contributed by atoms with Crippen molar-refractivity contribution in [3.63, 3.8) is 0 Å². The van der Waals surface area contributed by atoms with E-state index in [-0.39, 0.29) is 0 Å². The summed E-state index contributed by atoms with van der Waals surface area (Å²) in [5.74, 6) is 0.434. The molecule has 0 N–H and O–H groups in total. The number of hydrogen-bond donors (Lipinski definition) is 0. The highest BCUT2D eigenvalue weighted by Crippen LogP contribution is 2.48. The molecule has 3 rings (SSSR count). The summed E-state index contributed by atoms with van der Waals surface area (Å²) in [5, 5.41) is 11.0. The fourth-order valence-corrected chi connectivity index (χ4v) is 4.90. The molecular formula is C26H33ClN2. The van der Waals surface area contributed by atoms with Gasteiger partial charge in [-0.05, 0) is 75.6 Å². The van der Waals surface area contributed by atoms with Crippen LogP contribution >= 0.6 is 11.6 Å². The van der Waals surface area contributed by atoms with Crippen LogP contribution in [0.15, 0.2) is 54.6 Å². The van der Waals surface area contributed by atoms with E-state index in [0.29, 0.717) is 12.0 Å². The minimum atomic E-state index is -0.446. The summed E-state index contributed by atoms with van der Waals surface area (Å²) in [7, 11) is 0. The second kappa shape index (κ2) is 10.3. The summed E-state index contributed by atoms with van der Waals surface area (Å²) in [5.41, 5.74) is 1.97. The summed E-state index contributed by atoms with van der Waals surface area (Å²) >= 11 is 6.56. The number of hydrogen-bond acceptors (Lipinski definition) is 2. The van der Waals surface area contributed by atoms with Gasteiger partial charge >= 0.3 is 0 Å². The average molecular weight is 409 g/mol. The van der Waals surface area contributed by atoms with Gasteiger partial charge in [-0.2, -0.15) is 5.26 Å². The van der Waals surface area contributed by atoms with Crippen LogP contribution in [-0.4, -0.2) is 24.0 Å². The van der Waals surface area contributed by atoms with E-state index in [1.807, 2.05) is 18.2 Å². The average Bonchev–Trinajstić information content (AvgIpc) is 2.69. The summed E-state index contributed by atoms with van der Waals surface area (Å²) < 4.78 is 0. The normalized spacial score (nSPS) is 16.4. The molecule has 0 spiro atoms. The van der Waals surface area contributed by atoms with E-state index in [1.54, 1.807) is 0 Å². The van der Waals surface area contributed by atoms with Crippen molar-refractivity contribution in [3.8, 4) is 6.07 Å². The van der Waals surface area contributed by atoms with Gasteiger partial charge in [-0.15, -0.1) is 0 Å². The molecule has 1 fully saturated rings. The van der Waals surface area contributed by atoms with E-state index >= 15 is 0 Å². The summed E-state index contributed by atoms with van der Waals surface area (Å²) in [6.07, 6.45) is 6.47. The second-order valence-corrected chi connectivity index (χ2v) is 9.07. The number of nitrogens with zero attached hydrogens (tertiary/aromatic N) is 2. The van der Waals surface area contributed by atoms with Gasteiger partial charge in [0.15, 0.2) is 0 Å². The van der Waals surface area contributed by atoms with Crippen molar-refractivity contribution >= 4 is 11.6 Å². The summed E-state index contributed by atoms with van der Waals surface area (Å²) in [4.78, 5) is 2.54. The van der Waals surface area contributed by atoms with Gasteiger partial charge < -0.3 is 4.90 Å². The zero-order valence-corrected chi connectivity index (χ0v) is 18.5. The first kappa shape index (κ1) is 21.9. The Bertz CT molecular complexity index is 807. The van der Waals surface area contributed by atoms with Gasteiger partial charge in [-0.3, -0.25) is 0 Å². The van der Waals surface area contributed by atoms with Crippen molar-refractivity contribution in [2.24, 2.45) is 5.92 Å². The van der Waals surface area contributed by atoms with Crippen molar-refractivity contribution in [1.82, 2.24) is 4.90 Å². The van der Waals surface area contributed by atoms with Crippen LogP contribution in [0.25, 0.3) is 0 Å². The van der Waals surface area contributed by atoms with Crippen molar-refractivity contribution in [2.75, 3.05) is 13.1 Å². The van der Waals surface area contributed by atoms with Gasteiger partial charge in [-0.1, -0.05) is 66.6 Å². The maximum absolute atomic E-state index is 10.3. The first-order valence-corrected chi connectivity index (χ1v) is 11.4. The molecule has 0 radical (unpaired) electrons. The van der Waals surface area contributed by atoms with Crippen LogP contribution in [0.4, 0.5) is 0 Å². The molecule has 1 saturated carbocycles. The Labute approximate surface area is 181 Å². The second-order valence-electron chi connectivity index (χ2n) is 8.66. The maximum atomic E-state index is 10.3. The molecule has 1 aliphatic rings. The lowest BCUT2D eigenvalue weighted by atomic mass is 9.61. The quantitative estimate of drug-likeness (QED) is 0.440. The molecule has 0 saturated heterocycles. The SMILES string of the molecule is CC(C)N(CCCC(C#N)(c1ccccc1Cl)C1CCC1)CCc1ccccc1. The smallest absolute Gasteiger partial charge is 0.0865 e. The van der Waals surface area contributed by atoms with E-state index in [2.05, 4.69) is 61.2 Å². The Morgan fingerprint density at radius 1 is 1.07 bits per heavy atom. The first-order chi connectivity index (χ1) is 14.1. The van der Waals surface area contributed by atoms with E-state index in [4.69, 9.17) is 11.6 Å². The highest BCUT2D eigenvalue weighted by atomic mass is 35.5. The molecule has 3 heteroatoms. The lowest BCUT2D eigenvalue weighted by molar-refractivity contribution is 0.174. The zero-order chi connectivity index (χ0) is 20.7. The van der Waals surface area contributed by atoms with Gasteiger partial charge in [0.25, 0.3) is 0 Å². The van der Waals surface area contributed by atoms with Gasteiger partial charge in [0.05, 0.1) is 11.5 Å². The fraction of sp³-hybridized carbons (Fsp3) is 0.500. The number of halogens is 1. The molecule has 1 aliphatic carbocycles. The van der Waals surface area contributed by atoms with Crippen LogP contribution in [0.1, 0.15) is 57.1 Å². The van der Waals surface area contributed by atoms with E-state index in [9.17, 15) is 5.26 Å². The molecule has 0 aliphatic heterocycles. The van der Waals surface area contributed by atoms with Crippen molar-refractivity contribution < 1.29 is 0 Å². The van der Waals surface area contributed by atoms with Crippen LogP contribution in [-0.2, 0) is 11.8 Å². The van der Waals surface area contributed by atoms with Gasteiger partial charge in [0.1, 0.15) is 0 Å². The Morgan fingerprint density at radius 3 is 2.34 bits per heavy atom. The largest absolute Gasteiger partial charge is 0.301 e. The molecule has 2 nitrogen and oxygen atoms in total.